The van der Waals surface area contributed by atoms with Crippen LogP contribution in [0.15, 0.2) is 314 Å². The van der Waals surface area contributed by atoms with E-state index < -0.39 is 5.41 Å². The Balaban J connectivity index is 0.927. The average molecular weight is 1150 g/mol. The highest BCUT2D eigenvalue weighted by atomic mass is 15.2. The van der Waals surface area contributed by atoms with E-state index in [-0.39, 0.29) is 16.4 Å². The van der Waals surface area contributed by atoms with Crippen LogP contribution >= 0.6 is 0 Å². The second-order valence-corrected chi connectivity index (χ2v) is 25.3. The highest BCUT2D eigenvalue weighted by molar-refractivity contribution is 6.43. The largest absolute Gasteiger partial charge is 0.331 e. The Kier molecular flexibility index (Phi) is 13.8. The second kappa shape index (κ2) is 22.1. The second-order valence-electron chi connectivity index (χ2n) is 25.3. The summed E-state index contributed by atoms with van der Waals surface area (Å²) in [7, 11) is 22.4. The number of rotatable bonds is 12. The van der Waals surface area contributed by atoms with E-state index in [4.69, 9.17) is 23.5 Å². The van der Waals surface area contributed by atoms with Crippen molar-refractivity contribution in [3.05, 3.63) is 353 Å². The molecule has 1 aromatic heterocycles. The molecular weight excluding hydrogens is 1080 g/mol. The van der Waals surface area contributed by atoms with Gasteiger partial charge >= 0.3 is 0 Å². The Morgan fingerprint density at radius 3 is 1.72 bits per heavy atom. The van der Waals surface area contributed by atoms with Gasteiger partial charge in [-0.3, -0.25) is 0 Å². The summed E-state index contributed by atoms with van der Waals surface area (Å²) in [4.78, 5) is 4.92. The minimum atomic E-state index is -1.00. The van der Waals surface area contributed by atoms with Crippen LogP contribution in [0.4, 0.5) is 28.4 Å². The summed E-state index contributed by atoms with van der Waals surface area (Å²) >= 11 is 0. The van der Waals surface area contributed by atoms with Crippen LogP contribution < -0.4 is 9.80 Å². The summed E-state index contributed by atoms with van der Waals surface area (Å²) < 4.78 is 2.32. The predicted molar refractivity (Wildman–Crippen MR) is 383 cm³/mol. The van der Waals surface area contributed by atoms with Crippen molar-refractivity contribution in [1.29, 1.82) is 0 Å². The highest BCUT2D eigenvalue weighted by Gasteiger charge is 2.48. The van der Waals surface area contributed by atoms with Crippen LogP contribution in [0.1, 0.15) is 73.1 Å². The monoisotopic (exact) mass is 1150 g/mol. The summed E-state index contributed by atoms with van der Waals surface area (Å²) in [5.41, 5.74) is 23.6. The summed E-state index contributed by atoms with van der Waals surface area (Å²) in [6.45, 7) is 13.5. The molecule has 90 heavy (non-hydrogen) atoms. The van der Waals surface area contributed by atoms with E-state index in [9.17, 15) is 0 Å². The maximum absolute atomic E-state index is 8.18. The molecule has 6 heteroatoms. The number of para-hydroxylation sites is 3. The lowest BCUT2D eigenvalue weighted by Crippen LogP contribution is -2.40. The van der Waals surface area contributed by atoms with Crippen LogP contribution in [0.3, 0.4) is 0 Å². The Morgan fingerprint density at radius 1 is 0.511 bits per heavy atom. The zero-order chi connectivity index (χ0) is 61.5. The Labute approximate surface area is 533 Å². The van der Waals surface area contributed by atoms with Gasteiger partial charge in [0.15, 0.2) is 0 Å². The van der Waals surface area contributed by atoms with Gasteiger partial charge in [0.2, 0.25) is 0 Å². The van der Waals surface area contributed by atoms with Gasteiger partial charge in [0.25, 0.3) is 0 Å². The first-order valence-corrected chi connectivity index (χ1v) is 31.1. The smallest absolute Gasteiger partial charge is 0.113 e. The molecule has 3 nitrogen and oxygen atoms in total. The molecule has 1 aliphatic heterocycles. The molecular formula is C84H64B3N3. The fraction of sp³-hybridized carbons (Fsp3) is 0.0952. The summed E-state index contributed by atoms with van der Waals surface area (Å²) in [5, 5.41) is 2.19. The fourth-order valence-electron chi connectivity index (χ4n) is 14.9. The molecule has 15 rings (SSSR count). The molecule has 2 heterocycles. The van der Waals surface area contributed by atoms with Crippen molar-refractivity contribution in [2.45, 2.75) is 50.5 Å². The molecule has 0 bridgehead atoms. The zero-order valence-electron chi connectivity index (χ0n) is 51.2. The molecule has 1 unspecified atom stereocenters. The summed E-state index contributed by atoms with van der Waals surface area (Å²) in [6, 6.07) is 98.6. The van der Waals surface area contributed by atoms with Crippen LogP contribution in [0.2, 0.25) is 0 Å². The number of hydrogen-bond acceptors (Lipinski definition) is 2. The number of fused-ring (bicyclic) bond motifs is 7. The first kappa shape index (κ1) is 56.2. The molecule has 3 aliphatic rings. The number of allylic oxidation sites excluding steroid dienone is 7. The van der Waals surface area contributed by atoms with Gasteiger partial charge in [0.1, 0.15) is 23.5 Å². The predicted octanol–water partition coefficient (Wildman–Crippen LogP) is 20.6. The molecule has 424 valence electrons. The molecule has 0 spiro atoms. The SMILES string of the molecule is [B]C(=C)/C([B])=C(\C1=C([B])C(c2ccccc2)(c2ccccc2)c2cc(N(c3ccc(-c4ccc5c(c4)N(c4ccccc4)C4(C)CC=CC=C54)cc3)c3ccc(-c4ccccc4C(C)(C)C)cc3)ccc21)c1ccc2c(c1)c1ccccc1n2-c1ccccc1. The van der Waals surface area contributed by atoms with Crippen molar-refractivity contribution in [2.75, 3.05) is 9.80 Å². The van der Waals surface area contributed by atoms with E-state index in [1.165, 1.54) is 33.6 Å². The van der Waals surface area contributed by atoms with Gasteiger partial charge in [0.05, 0.1) is 27.7 Å². The van der Waals surface area contributed by atoms with Crippen LogP contribution in [-0.2, 0) is 10.8 Å². The van der Waals surface area contributed by atoms with Crippen LogP contribution in [0.25, 0.3) is 66.5 Å². The molecule has 1 atom stereocenters. The lowest BCUT2D eigenvalue weighted by molar-refractivity contribution is 0.592. The molecule has 0 amide bonds. The van der Waals surface area contributed by atoms with Gasteiger partial charge in [-0.05, 0) is 176 Å². The maximum Gasteiger partial charge on any atom is 0.113 e. The Bertz CT molecular complexity index is 4890. The third-order valence-corrected chi connectivity index (χ3v) is 19.0. The van der Waals surface area contributed by atoms with Crippen LogP contribution in [-0.4, -0.2) is 33.6 Å². The van der Waals surface area contributed by atoms with Gasteiger partial charge in [-0.2, -0.15) is 0 Å². The topological polar surface area (TPSA) is 11.4 Å². The van der Waals surface area contributed by atoms with E-state index in [2.05, 4.69) is 340 Å². The number of benzene rings is 11. The normalized spacial score (nSPS) is 16.0. The maximum atomic E-state index is 8.18. The fourth-order valence-corrected chi connectivity index (χ4v) is 14.9. The lowest BCUT2D eigenvalue weighted by Gasteiger charge is -2.39. The van der Waals surface area contributed by atoms with Crippen molar-refractivity contribution >= 4 is 90.5 Å². The standard InChI is InChI=1S/C84H64B3N3/c1-55(85)80(86)78(59-42-50-76-71(52-59)68-33-19-21-36-75(68)89(76)62-28-14-8-15-29-62)79-70-49-47-66(54-74(70)84(81(79)87,60-24-10-6-11-25-60)61-26-12-7-13-27-61)88(64-45-39-57(40-46-64)67-32-18-20-34-72(67)82(2,3)4)63-43-37-56(38-44-63)58-41-48-69-73-35-22-23-51-83(73,5)90(77(69)53-58)65-30-16-9-17-31-65/h6-50,52-54H,1,51H2,2-5H3/b80-78+. The van der Waals surface area contributed by atoms with Gasteiger partial charge in [-0.1, -0.05) is 238 Å². The van der Waals surface area contributed by atoms with Crippen LogP contribution in [0.5, 0.6) is 0 Å². The molecule has 6 radical (unpaired) electrons. The number of hydrogen-bond donors (Lipinski definition) is 0. The first-order chi connectivity index (χ1) is 43.8. The Morgan fingerprint density at radius 2 is 1.07 bits per heavy atom. The van der Waals surface area contributed by atoms with Gasteiger partial charge in [-0.15, -0.1) is 12.1 Å². The minimum Gasteiger partial charge on any atom is -0.331 e. The molecule has 11 aromatic carbocycles. The molecule has 2 aliphatic carbocycles. The van der Waals surface area contributed by atoms with Crippen LogP contribution in [0, 0.1) is 0 Å². The minimum absolute atomic E-state index is 0.0534. The van der Waals surface area contributed by atoms with Crippen molar-refractivity contribution in [1.82, 2.24) is 4.57 Å². The van der Waals surface area contributed by atoms with Gasteiger partial charge < -0.3 is 14.4 Å². The third kappa shape index (κ3) is 9.06. The number of aromatic nitrogens is 1. The average Bonchev–Trinajstić information content (AvgIpc) is 1.54. The zero-order valence-corrected chi connectivity index (χ0v) is 51.2. The molecule has 0 fully saturated rings. The molecule has 0 saturated heterocycles. The van der Waals surface area contributed by atoms with E-state index in [0.29, 0.717) is 10.9 Å². The molecule has 12 aromatic rings. The van der Waals surface area contributed by atoms with Gasteiger partial charge in [-0.25, -0.2) is 0 Å². The Hall–Kier alpha value is -10.3. The van der Waals surface area contributed by atoms with Crippen molar-refractivity contribution < 1.29 is 0 Å². The van der Waals surface area contributed by atoms with E-state index in [1.54, 1.807) is 0 Å². The third-order valence-electron chi connectivity index (χ3n) is 19.0. The summed E-state index contributed by atoms with van der Waals surface area (Å²) in [6.07, 6.45) is 7.72. The molecule has 0 saturated carbocycles. The lowest BCUT2D eigenvalue weighted by atomic mass is 9.60. The first-order valence-electron chi connectivity index (χ1n) is 31.1. The van der Waals surface area contributed by atoms with Gasteiger partial charge in [0, 0.05) is 44.8 Å². The quantitative estimate of drug-likeness (QED) is 0.0892. The van der Waals surface area contributed by atoms with Crippen molar-refractivity contribution in [3.63, 3.8) is 0 Å². The highest BCUT2D eigenvalue weighted by Crippen LogP contribution is 2.59. The summed E-state index contributed by atoms with van der Waals surface area (Å²) in [5.74, 6) is 0. The number of nitrogens with zero attached hydrogens (tertiary/aromatic N) is 3. The molecule has 0 N–H and O–H groups in total. The number of anilines is 5. The van der Waals surface area contributed by atoms with Crippen molar-refractivity contribution in [2.24, 2.45) is 0 Å². The van der Waals surface area contributed by atoms with Crippen molar-refractivity contribution in [3.8, 4) is 27.9 Å². The van der Waals surface area contributed by atoms with E-state index >= 15 is 0 Å². The van der Waals surface area contributed by atoms with E-state index in [0.717, 1.165) is 107 Å². The van der Waals surface area contributed by atoms with E-state index in [1.807, 2.05) is 0 Å².